The minimum atomic E-state index is 0.293. The Bertz CT molecular complexity index is 265. The van der Waals surface area contributed by atoms with Gasteiger partial charge in [0.2, 0.25) is 0 Å². The molecule has 1 fully saturated rings. The first-order valence-electron chi connectivity index (χ1n) is 4.94. The number of fused-ring (bicyclic) bond motifs is 1. The fourth-order valence-corrected chi connectivity index (χ4v) is 1.98. The molecule has 2 aliphatic rings. The smallest absolute Gasteiger partial charge is 0.107 e. The summed E-state index contributed by atoms with van der Waals surface area (Å²) < 4.78 is 0. The molecule has 0 saturated carbocycles. The molecule has 0 aromatic heterocycles. The first-order chi connectivity index (χ1) is 6.29. The third-order valence-corrected chi connectivity index (χ3v) is 2.81. The Morgan fingerprint density at radius 3 is 3.23 bits per heavy atom. The summed E-state index contributed by atoms with van der Waals surface area (Å²) in [6.45, 7) is 5.95. The van der Waals surface area contributed by atoms with Crippen LogP contribution in [0.5, 0.6) is 0 Å². The minimum Gasteiger partial charge on any atom is -0.293 e. The maximum atomic E-state index is 4.57. The normalized spacial score (nSPS) is 37.9. The molecular weight excluding hydrogens is 160 g/mol. The van der Waals surface area contributed by atoms with Gasteiger partial charge in [-0.3, -0.25) is 10.3 Å². The van der Waals surface area contributed by atoms with Gasteiger partial charge in [0.1, 0.15) is 6.17 Å². The van der Waals surface area contributed by atoms with E-state index in [1.165, 1.54) is 12.8 Å². The fourth-order valence-electron chi connectivity index (χ4n) is 1.98. The van der Waals surface area contributed by atoms with Crippen molar-refractivity contribution < 1.29 is 0 Å². The third-order valence-electron chi connectivity index (χ3n) is 2.81. The van der Waals surface area contributed by atoms with E-state index in [1.54, 1.807) is 0 Å². The lowest BCUT2D eigenvalue weighted by molar-refractivity contribution is 0.282. The number of aliphatic imine (C=N–C) groups is 1. The van der Waals surface area contributed by atoms with Crippen LogP contribution in [0.25, 0.3) is 0 Å². The van der Waals surface area contributed by atoms with Crippen molar-refractivity contribution in [1.82, 2.24) is 5.32 Å². The molecule has 2 heterocycles. The van der Waals surface area contributed by atoms with E-state index in [1.807, 2.05) is 6.08 Å². The van der Waals surface area contributed by atoms with E-state index in [0.29, 0.717) is 18.1 Å². The summed E-state index contributed by atoms with van der Waals surface area (Å²) in [5.74, 6) is 0.597. The Balaban J connectivity index is 2.13. The van der Waals surface area contributed by atoms with E-state index in [9.17, 15) is 0 Å². The molecule has 0 amide bonds. The summed E-state index contributed by atoms with van der Waals surface area (Å²) >= 11 is 0. The van der Waals surface area contributed by atoms with Crippen molar-refractivity contribution in [2.45, 2.75) is 32.0 Å². The Morgan fingerprint density at radius 1 is 1.62 bits per heavy atom. The molecule has 1 N–H and O–H groups in total. The molecule has 2 heteroatoms. The average Bonchev–Trinajstić information content (AvgIpc) is 2.16. The van der Waals surface area contributed by atoms with E-state index < -0.39 is 0 Å². The number of dihydropyridines is 1. The molecule has 0 bridgehead atoms. The van der Waals surface area contributed by atoms with Gasteiger partial charge in [0, 0.05) is 12.0 Å². The van der Waals surface area contributed by atoms with Crippen molar-refractivity contribution in [3.05, 3.63) is 24.8 Å². The molecular formula is C11H16N2. The van der Waals surface area contributed by atoms with Crippen molar-refractivity contribution in [1.29, 1.82) is 0 Å². The zero-order valence-electron chi connectivity index (χ0n) is 8.03. The molecule has 13 heavy (non-hydrogen) atoms. The predicted octanol–water partition coefficient (Wildman–Crippen LogP) is 1.90. The zero-order chi connectivity index (χ0) is 9.26. The molecule has 70 valence electrons. The molecule has 0 aromatic rings. The summed E-state index contributed by atoms with van der Waals surface area (Å²) in [6.07, 6.45) is 8.95. The molecule has 3 atom stereocenters. The zero-order valence-corrected chi connectivity index (χ0v) is 8.03. The fraction of sp³-hybridized carbons (Fsp3) is 0.545. The van der Waals surface area contributed by atoms with Crippen LogP contribution in [0.15, 0.2) is 29.8 Å². The van der Waals surface area contributed by atoms with E-state index in [2.05, 4.69) is 36.0 Å². The van der Waals surface area contributed by atoms with Gasteiger partial charge in [-0.25, -0.2) is 0 Å². The summed E-state index contributed by atoms with van der Waals surface area (Å²) in [5, 5.41) is 3.50. The Labute approximate surface area is 79.4 Å². The second kappa shape index (κ2) is 3.46. The quantitative estimate of drug-likeness (QED) is 0.648. The molecule has 0 aromatic carbocycles. The Morgan fingerprint density at radius 2 is 2.46 bits per heavy atom. The monoisotopic (exact) mass is 176 g/mol. The summed E-state index contributed by atoms with van der Waals surface area (Å²) in [7, 11) is 0. The molecule has 3 unspecified atom stereocenters. The van der Waals surface area contributed by atoms with Gasteiger partial charge >= 0.3 is 0 Å². The molecule has 2 nitrogen and oxygen atoms in total. The molecule has 0 spiro atoms. The average molecular weight is 176 g/mol. The largest absolute Gasteiger partial charge is 0.293 e. The number of rotatable bonds is 1. The molecule has 2 rings (SSSR count). The first kappa shape index (κ1) is 8.70. The Kier molecular flexibility index (Phi) is 2.32. The summed E-state index contributed by atoms with van der Waals surface area (Å²) in [5.41, 5.74) is 1.00. The van der Waals surface area contributed by atoms with Gasteiger partial charge in [-0.1, -0.05) is 12.7 Å². The van der Waals surface area contributed by atoms with Gasteiger partial charge in [0.15, 0.2) is 0 Å². The SMILES string of the molecule is C=CC1=NC2NC(C)CCC2C=C1. The van der Waals surface area contributed by atoms with Crippen LogP contribution in [0.4, 0.5) is 0 Å². The van der Waals surface area contributed by atoms with Crippen LogP contribution >= 0.6 is 0 Å². The third kappa shape index (κ3) is 1.73. The second-order valence-electron chi connectivity index (χ2n) is 3.87. The number of allylic oxidation sites excluding steroid dienone is 2. The van der Waals surface area contributed by atoms with Crippen LogP contribution in [0.3, 0.4) is 0 Å². The van der Waals surface area contributed by atoms with E-state index in [4.69, 9.17) is 0 Å². The van der Waals surface area contributed by atoms with Gasteiger partial charge in [-0.2, -0.15) is 0 Å². The van der Waals surface area contributed by atoms with Crippen molar-refractivity contribution in [2.24, 2.45) is 10.9 Å². The van der Waals surface area contributed by atoms with E-state index >= 15 is 0 Å². The van der Waals surface area contributed by atoms with Gasteiger partial charge in [-0.05, 0) is 31.9 Å². The van der Waals surface area contributed by atoms with Gasteiger partial charge in [0.25, 0.3) is 0 Å². The number of hydrogen-bond donors (Lipinski definition) is 1. The van der Waals surface area contributed by atoms with Crippen molar-refractivity contribution in [3.8, 4) is 0 Å². The lowest BCUT2D eigenvalue weighted by atomic mass is 9.90. The minimum absolute atomic E-state index is 0.293. The van der Waals surface area contributed by atoms with Gasteiger partial charge < -0.3 is 0 Å². The van der Waals surface area contributed by atoms with Crippen molar-refractivity contribution in [2.75, 3.05) is 0 Å². The number of nitrogens with zero attached hydrogens (tertiary/aromatic N) is 1. The van der Waals surface area contributed by atoms with Crippen LogP contribution in [0.2, 0.25) is 0 Å². The lowest BCUT2D eigenvalue weighted by Crippen LogP contribution is -2.45. The maximum absolute atomic E-state index is 4.57. The molecule has 0 aliphatic carbocycles. The summed E-state index contributed by atoms with van der Waals surface area (Å²) in [6, 6.07) is 0.600. The summed E-state index contributed by atoms with van der Waals surface area (Å²) in [4.78, 5) is 4.57. The van der Waals surface area contributed by atoms with Crippen LogP contribution in [-0.4, -0.2) is 17.9 Å². The maximum Gasteiger partial charge on any atom is 0.107 e. The molecule has 2 aliphatic heterocycles. The second-order valence-corrected chi connectivity index (χ2v) is 3.87. The van der Waals surface area contributed by atoms with E-state index in [0.717, 1.165) is 5.71 Å². The standard InChI is InChI=1S/C11H16N2/c1-3-10-7-6-9-5-4-8(2)12-11(9)13-10/h3,6-9,11-12H,1,4-5H2,2H3. The van der Waals surface area contributed by atoms with Crippen molar-refractivity contribution in [3.63, 3.8) is 0 Å². The molecule has 1 saturated heterocycles. The van der Waals surface area contributed by atoms with Crippen molar-refractivity contribution >= 4 is 5.71 Å². The van der Waals surface area contributed by atoms with E-state index in [-0.39, 0.29) is 0 Å². The lowest BCUT2D eigenvalue weighted by Gasteiger charge is -2.34. The highest BCUT2D eigenvalue weighted by atomic mass is 15.1. The number of hydrogen-bond acceptors (Lipinski definition) is 2. The highest BCUT2D eigenvalue weighted by molar-refractivity contribution is 6.04. The topological polar surface area (TPSA) is 24.4 Å². The predicted molar refractivity (Wildman–Crippen MR) is 55.9 cm³/mol. The number of piperidine rings is 1. The van der Waals surface area contributed by atoms with Crippen LogP contribution in [-0.2, 0) is 0 Å². The first-order valence-corrected chi connectivity index (χ1v) is 4.94. The number of nitrogens with one attached hydrogen (secondary N) is 1. The van der Waals surface area contributed by atoms with Crippen LogP contribution in [0, 0.1) is 5.92 Å². The highest BCUT2D eigenvalue weighted by Crippen LogP contribution is 2.24. The molecule has 0 radical (unpaired) electrons. The Hall–Kier alpha value is -0.890. The van der Waals surface area contributed by atoms with Gasteiger partial charge in [0.05, 0.1) is 5.71 Å². The van der Waals surface area contributed by atoms with Gasteiger partial charge in [-0.15, -0.1) is 0 Å². The van der Waals surface area contributed by atoms with Crippen LogP contribution in [0.1, 0.15) is 19.8 Å². The highest BCUT2D eigenvalue weighted by Gasteiger charge is 2.27. The van der Waals surface area contributed by atoms with Crippen LogP contribution < -0.4 is 5.32 Å².